The second-order valence-electron chi connectivity index (χ2n) is 5.47. The normalized spacial score (nSPS) is 10.6. The standard InChI is InChI=1S/C17H24N4O/c1-3-4-5-10-19-16-15(12(2)20-17(18)21-16)11-13-6-8-14(22)9-7-13/h6-9,22H,3-5,10-11H2,1-2H3,(H3,18,19,20,21). The molecule has 5 nitrogen and oxygen atoms in total. The maximum absolute atomic E-state index is 9.38. The molecule has 0 amide bonds. The lowest BCUT2D eigenvalue weighted by Gasteiger charge is -2.14. The zero-order chi connectivity index (χ0) is 15.9. The highest BCUT2D eigenvalue weighted by molar-refractivity contribution is 5.51. The fourth-order valence-electron chi connectivity index (χ4n) is 2.38. The summed E-state index contributed by atoms with van der Waals surface area (Å²) in [6.45, 7) is 5.01. The van der Waals surface area contributed by atoms with Crippen molar-refractivity contribution in [2.75, 3.05) is 17.6 Å². The van der Waals surface area contributed by atoms with Gasteiger partial charge in [-0.1, -0.05) is 31.9 Å². The van der Waals surface area contributed by atoms with E-state index in [0.29, 0.717) is 12.4 Å². The third-order valence-corrected chi connectivity index (χ3v) is 3.62. The molecule has 22 heavy (non-hydrogen) atoms. The number of hydrogen-bond acceptors (Lipinski definition) is 5. The Kier molecular flexibility index (Phi) is 5.58. The van der Waals surface area contributed by atoms with Gasteiger partial charge in [0.2, 0.25) is 5.95 Å². The Balaban J connectivity index is 2.18. The lowest BCUT2D eigenvalue weighted by molar-refractivity contribution is 0.475. The molecule has 0 bridgehead atoms. The summed E-state index contributed by atoms with van der Waals surface area (Å²) in [4.78, 5) is 8.62. The molecule has 1 heterocycles. The summed E-state index contributed by atoms with van der Waals surface area (Å²) in [6.07, 6.45) is 4.20. The first-order valence-corrected chi connectivity index (χ1v) is 7.75. The molecule has 0 atom stereocenters. The van der Waals surface area contributed by atoms with Crippen LogP contribution in [0.3, 0.4) is 0 Å². The van der Waals surface area contributed by atoms with Crippen LogP contribution in [-0.2, 0) is 6.42 Å². The van der Waals surface area contributed by atoms with E-state index in [0.717, 1.165) is 35.6 Å². The molecule has 0 saturated heterocycles. The molecule has 2 aromatic rings. The highest BCUT2D eigenvalue weighted by Gasteiger charge is 2.11. The Labute approximate surface area is 131 Å². The van der Waals surface area contributed by atoms with Gasteiger partial charge in [-0.05, 0) is 31.0 Å². The third kappa shape index (κ3) is 4.35. The molecule has 0 fully saturated rings. The number of aromatic nitrogens is 2. The minimum Gasteiger partial charge on any atom is -0.508 e. The number of hydrogen-bond donors (Lipinski definition) is 3. The number of unbranched alkanes of at least 4 members (excludes halogenated alkanes) is 2. The minimum atomic E-state index is 0.270. The molecule has 5 heteroatoms. The van der Waals surface area contributed by atoms with Gasteiger partial charge in [0.25, 0.3) is 0 Å². The summed E-state index contributed by atoms with van der Waals surface area (Å²) >= 11 is 0. The van der Waals surface area contributed by atoms with Gasteiger partial charge in [-0.25, -0.2) is 4.98 Å². The Hall–Kier alpha value is -2.30. The van der Waals surface area contributed by atoms with E-state index in [1.807, 2.05) is 19.1 Å². The van der Waals surface area contributed by atoms with Gasteiger partial charge >= 0.3 is 0 Å². The van der Waals surface area contributed by atoms with Gasteiger partial charge in [0, 0.05) is 24.2 Å². The van der Waals surface area contributed by atoms with Gasteiger partial charge in [-0.3, -0.25) is 0 Å². The zero-order valence-corrected chi connectivity index (χ0v) is 13.3. The van der Waals surface area contributed by atoms with Gasteiger partial charge in [0.05, 0.1) is 0 Å². The number of benzene rings is 1. The van der Waals surface area contributed by atoms with E-state index in [1.54, 1.807) is 12.1 Å². The number of aromatic hydroxyl groups is 1. The van der Waals surface area contributed by atoms with Crippen molar-refractivity contribution in [2.45, 2.75) is 39.5 Å². The molecule has 4 N–H and O–H groups in total. The number of rotatable bonds is 7. The Morgan fingerprint density at radius 1 is 1.14 bits per heavy atom. The maximum atomic E-state index is 9.38. The summed E-state index contributed by atoms with van der Waals surface area (Å²) in [5.74, 6) is 1.38. The molecule has 0 saturated carbocycles. The molecule has 118 valence electrons. The van der Waals surface area contributed by atoms with Gasteiger partial charge in [-0.15, -0.1) is 0 Å². The van der Waals surface area contributed by atoms with Crippen LogP contribution in [0.15, 0.2) is 24.3 Å². The quantitative estimate of drug-likeness (QED) is 0.683. The molecular weight excluding hydrogens is 276 g/mol. The fraction of sp³-hybridized carbons (Fsp3) is 0.412. The average Bonchev–Trinajstić information content (AvgIpc) is 2.49. The topological polar surface area (TPSA) is 84.1 Å². The first kappa shape index (κ1) is 16.1. The van der Waals surface area contributed by atoms with Crippen molar-refractivity contribution in [3.63, 3.8) is 0 Å². The SMILES string of the molecule is CCCCCNc1nc(N)nc(C)c1Cc1ccc(O)cc1. The van der Waals surface area contributed by atoms with E-state index in [4.69, 9.17) is 5.73 Å². The van der Waals surface area contributed by atoms with E-state index >= 15 is 0 Å². The van der Waals surface area contributed by atoms with Gasteiger partial charge in [0.1, 0.15) is 11.6 Å². The van der Waals surface area contributed by atoms with Crippen molar-refractivity contribution < 1.29 is 5.11 Å². The van der Waals surface area contributed by atoms with E-state index in [9.17, 15) is 5.11 Å². The van der Waals surface area contributed by atoms with Crippen molar-refractivity contribution in [1.82, 2.24) is 9.97 Å². The number of nitrogen functional groups attached to an aromatic ring is 1. The van der Waals surface area contributed by atoms with Gasteiger partial charge in [0.15, 0.2) is 0 Å². The van der Waals surface area contributed by atoms with Crippen LogP contribution >= 0.6 is 0 Å². The van der Waals surface area contributed by atoms with E-state index in [-0.39, 0.29) is 5.75 Å². The van der Waals surface area contributed by atoms with Crippen LogP contribution in [0.25, 0.3) is 0 Å². The number of phenolic OH excluding ortho intramolecular Hbond substituents is 1. The average molecular weight is 300 g/mol. The van der Waals surface area contributed by atoms with Gasteiger partial charge in [-0.2, -0.15) is 4.98 Å². The third-order valence-electron chi connectivity index (χ3n) is 3.62. The molecule has 0 aliphatic rings. The second kappa shape index (κ2) is 7.64. The lowest BCUT2D eigenvalue weighted by Crippen LogP contribution is -2.11. The fourth-order valence-corrected chi connectivity index (χ4v) is 2.38. The van der Waals surface area contributed by atoms with Crippen molar-refractivity contribution in [3.05, 3.63) is 41.1 Å². The first-order chi connectivity index (χ1) is 10.6. The summed E-state index contributed by atoms with van der Waals surface area (Å²) in [7, 11) is 0. The van der Waals surface area contributed by atoms with Crippen molar-refractivity contribution >= 4 is 11.8 Å². The zero-order valence-electron chi connectivity index (χ0n) is 13.3. The van der Waals surface area contributed by atoms with Crippen LogP contribution in [0.1, 0.15) is 43.0 Å². The number of nitrogens with two attached hydrogens (primary N) is 1. The second-order valence-corrected chi connectivity index (χ2v) is 5.47. The first-order valence-electron chi connectivity index (χ1n) is 7.75. The van der Waals surface area contributed by atoms with Crippen LogP contribution in [0.5, 0.6) is 5.75 Å². The summed E-state index contributed by atoms with van der Waals surface area (Å²) in [5, 5.41) is 12.8. The predicted molar refractivity (Wildman–Crippen MR) is 90.1 cm³/mol. The number of aryl methyl sites for hydroxylation is 1. The van der Waals surface area contributed by atoms with Crippen LogP contribution < -0.4 is 11.1 Å². The summed E-state index contributed by atoms with van der Waals surface area (Å²) in [6, 6.07) is 7.20. The van der Waals surface area contributed by atoms with Crippen molar-refractivity contribution in [2.24, 2.45) is 0 Å². The number of nitrogens with zero attached hydrogens (tertiary/aromatic N) is 2. The molecular formula is C17H24N4O. The lowest BCUT2D eigenvalue weighted by atomic mass is 10.0. The molecule has 0 unspecified atom stereocenters. The largest absolute Gasteiger partial charge is 0.508 e. The van der Waals surface area contributed by atoms with E-state index in [2.05, 4.69) is 22.2 Å². The molecule has 1 aromatic heterocycles. The van der Waals surface area contributed by atoms with Crippen LogP contribution in [0, 0.1) is 6.92 Å². The molecule has 0 radical (unpaired) electrons. The van der Waals surface area contributed by atoms with Crippen LogP contribution in [0.2, 0.25) is 0 Å². The van der Waals surface area contributed by atoms with Crippen molar-refractivity contribution in [3.8, 4) is 5.75 Å². The van der Waals surface area contributed by atoms with E-state index < -0.39 is 0 Å². The Bertz CT molecular complexity index is 611. The van der Waals surface area contributed by atoms with Crippen molar-refractivity contribution in [1.29, 1.82) is 0 Å². The van der Waals surface area contributed by atoms with E-state index in [1.165, 1.54) is 12.8 Å². The summed E-state index contributed by atoms with van der Waals surface area (Å²) < 4.78 is 0. The van der Waals surface area contributed by atoms with Crippen LogP contribution in [-0.4, -0.2) is 21.6 Å². The maximum Gasteiger partial charge on any atom is 0.222 e. The molecule has 0 aliphatic heterocycles. The number of nitrogens with one attached hydrogen (secondary N) is 1. The Morgan fingerprint density at radius 2 is 1.86 bits per heavy atom. The number of anilines is 2. The molecule has 0 spiro atoms. The van der Waals surface area contributed by atoms with Crippen LogP contribution in [0.4, 0.5) is 11.8 Å². The molecule has 0 aliphatic carbocycles. The smallest absolute Gasteiger partial charge is 0.222 e. The monoisotopic (exact) mass is 300 g/mol. The molecule has 1 aromatic carbocycles. The highest BCUT2D eigenvalue weighted by atomic mass is 16.3. The number of phenols is 1. The predicted octanol–water partition coefficient (Wildman–Crippen LogP) is 3.27. The highest BCUT2D eigenvalue weighted by Crippen LogP contribution is 2.22. The minimum absolute atomic E-state index is 0.270. The van der Waals surface area contributed by atoms with Gasteiger partial charge < -0.3 is 16.2 Å². The molecule has 2 rings (SSSR count). The Morgan fingerprint density at radius 3 is 2.55 bits per heavy atom. The summed E-state index contributed by atoms with van der Waals surface area (Å²) in [5.41, 5.74) is 8.82.